The molecule has 0 saturated carbocycles. The Morgan fingerprint density at radius 2 is 2.11 bits per heavy atom. The van der Waals surface area contributed by atoms with Crippen molar-refractivity contribution in [2.45, 2.75) is 12.8 Å². The molecule has 0 saturated heterocycles. The van der Waals surface area contributed by atoms with Gasteiger partial charge in [-0.15, -0.1) is 5.10 Å². The van der Waals surface area contributed by atoms with E-state index in [0.29, 0.717) is 5.82 Å². The molecule has 0 aliphatic heterocycles. The molecule has 5 heteroatoms. The number of hydrogen-bond acceptors (Lipinski definition) is 3. The molecule has 0 aliphatic rings. The fourth-order valence-corrected chi connectivity index (χ4v) is 2.07. The molecule has 0 aliphatic carbocycles. The number of nitrogens with two attached hydrogens (primary N) is 1. The van der Waals surface area contributed by atoms with Crippen molar-refractivity contribution in [2.24, 2.45) is 0 Å². The molecule has 0 amide bonds. The third-order valence-electron chi connectivity index (χ3n) is 3.15. The fourth-order valence-electron chi connectivity index (χ4n) is 2.07. The lowest BCUT2D eigenvalue weighted by molar-refractivity contribution is 0.624. The third kappa shape index (κ3) is 2.14. The second-order valence-electron chi connectivity index (χ2n) is 4.50. The molecule has 0 bridgehead atoms. The van der Waals surface area contributed by atoms with Crippen LogP contribution in [-0.4, -0.2) is 14.6 Å². The molecule has 96 valence electrons. The van der Waals surface area contributed by atoms with Crippen molar-refractivity contribution in [1.82, 2.24) is 14.6 Å². The number of nitrogens with zero attached hydrogens (tertiary/aromatic N) is 3. The Morgan fingerprint density at radius 3 is 2.89 bits per heavy atom. The average molecular weight is 256 g/mol. The Labute approximate surface area is 109 Å². The van der Waals surface area contributed by atoms with Crippen LogP contribution in [-0.2, 0) is 0 Å². The van der Waals surface area contributed by atoms with Crippen LogP contribution in [0, 0.1) is 5.82 Å². The first-order valence-corrected chi connectivity index (χ1v) is 6.01. The van der Waals surface area contributed by atoms with Crippen molar-refractivity contribution in [3.8, 4) is 0 Å². The normalized spacial score (nSPS) is 12.7. The van der Waals surface area contributed by atoms with Crippen LogP contribution in [0.5, 0.6) is 0 Å². The van der Waals surface area contributed by atoms with Gasteiger partial charge in [0.25, 0.3) is 0 Å². The number of hydrogen-bond donors (Lipinski definition) is 1. The van der Waals surface area contributed by atoms with E-state index in [1.165, 1.54) is 12.1 Å². The summed E-state index contributed by atoms with van der Waals surface area (Å²) < 4.78 is 14.9. The Balaban J connectivity index is 2.04. The highest BCUT2D eigenvalue weighted by Gasteiger charge is 2.13. The van der Waals surface area contributed by atoms with Crippen molar-refractivity contribution in [1.29, 1.82) is 0 Å². The van der Waals surface area contributed by atoms with Crippen LogP contribution >= 0.6 is 0 Å². The second kappa shape index (κ2) is 4.35. The van der Waals surface area contributed by atoms with E-state index in [2.05, 4.69) is 10.1 Å². The van der Waals surface area contributed by atoms with Gasteiger partial charge in [-0.2, -0.15) is 0 Å². The van der Waals surface area contributed by atoms with Crippen LogP contribution in [0.4, 0.5) is 10.2 Å². The molecule has 3 aromatic rings. The molecule has 3 rings (SSSR count). The molecular formula is C14H13FN4. The first-order valence-electron chi connectivity index (χ1n) is 6.01. The summed E-state index contributed by atoms with van der Waals surface area (Å²) in [5.41, 5.74) is 8.08. The van der Waals surface area contributed by atoms with Crippen LogP contribution in [0.25, 0.3) is 5.65 Å². The molecule has 1 atom stereocenters. The van der Waals surface area contributed by atoms with Gasteiger partial charge in [0.05, 0.1) is 11.9 Å². The van der Waals surface area contributed by atoms with Gasteiger partial charge in [0.15, 0.2) is 5.65 Å². The lowest BCUT2D eigenvalue weighted by Gasteiger charge is -2.08. The summed E-state index contributed by atoms with van der Waals surface area (Å²) in [5, 5.41) is 4.15. The highest BCUT2D eigenvalue weighted by Crippen LogP contribution is 2.24. The van der Waals surface area contributed by atoms with Crippen molar-refractivity contribution in [2.75, 3.05) is 5.73 Å². The fraction of sp³-hybridized carbons (Fsp3) is 0.143. The summed E-state index contributed by atoms with van der Waals surface area (Å²) >= 11 is 0. The number of rotatable bonds is 2. The molecule has 1 aromatic carbocycles. The molecule has 0 spiro atoms. The van der Waals surface area contributed by atoms with E-state index >= 15 is 0 Å². The topological polar surface area (TPSA) is 56.2 Å². The van der Waals surface area contributed by atoms with Gasteiger partial charge in [-0.25, -0.2) is 13.9 Å². The molecule has 0 unspecified atom stereocenters. The van der Waals surface area contributed by atoms with Gasteiger partial charge in [0, 0.05) is 5.92 Å². The van der Waals surface area contributed by atoms with Gasteiger partial charge in [-0.05, 0) is 29.8 Å². The molecule has 0 fully saturated rings. The maximum atomic E-state index is 13.2. The van der Waals surface area contributed by atoms with E-state index in [0.717, 1.165) is 16.9 Å². The molecule has 2 N–H and O–H groups in total. The minimum atomic E-state index is -0.240. The maximum absolute atomic E-state index is 13.2. The van der Waals surface area contributed by atoms with Crippen molar-refractivity contribution in [3.05, 3.63) is 59.7 Å². The van der Waals surface area contributed by atoms with Crippen molar-refractivity contribution < 1.29 is 4.39 Å². The van der Waals surface area contributed by atoms with E-state index in [-0.39, 0.29) is 11.7 Å². The van der Waals surface area contributed by atoms with Crippen molar-refractivity contribution >= 4 is 11.5 Å². The molecular weight excluding hydrogens is 243 g/mol. The summed E-state index contributed by atoms with van der Waals surface area (Å²) in [6, 6.07) is 10.1. The van der Waals surface area contributed by atoms with E-state index in [9.17, 15) is 4.39 Å². The third-order valence-corrected chi connectivity index (χ3v) is 3.15. The second-order valence-corrected chi connectivity index (χ2v) is 4.50. The first-order chi connectivity index (χ1) is 9.13. The number of benzene rings is 1. The molecule has 2 heterocycles. The maximum Gasteiger partial charge on any atom is 0.153 e. The van der Waals surface area contributed by atoms with Gasteiger partial charge in [-0.3, -0.25) is 0 Å². The zero-order valence-corrected chi connectivity index (χ0v) is 10.4. The Kier molecular flexibility index (Phi) is 2.67. The van der Waals surface area contributed by atoms with Crippen molar-refractivity contribution in [3.63, 3.8) is 0 Å². The lowest BCUT2D eigenvalue weighted by atomic mass is 9.98. The monoisotopic (exact) mass is 256 g/mol. The first kappa shape index (κ1) is 11.6. The number of halogens is 1. The predicted molar refractivity (Wildman–Crippen MR) is 71.3 cm³/mol. The van der Waals surface area contributed by atoms with Crippen LogP contribution in [0.3, 0.4) is 0 Å². The highest BCUT2D eigenvalue weighted by molar-refractivity contribution is 5.44. The summed E-state index contributed by atoms with van der Waals surface area (Å²) in [4.78, 5) is 4.48. The van der Waals surface area contributed by atoms with Crippen LogP contribution in [0.1, 0.15) is 24.1 Å². The molecule has 0 radical (unpaired) electrons. The number of aromatic nitrogens is 3. The van der Waals surface area contributed by atoms with E-state index < -0.39 is 0 Å². The number of fused-ring (bicyclic) bond motifs is 1. The summed E-state index contributed by atoms with van der Waals surface area (Å²) in [7, 11) is 0. The standard InChI is InChI=1S/C14H13FN4/c1-9(10-3-2-4-11(15)7-10)12-8-19-14(17-12)6-5-13(16)18-19/h2-9H,1H3,(H2,16,18)/t9-/m1/s1. The van der Waals surface area contributed by atoms with Gasteiger partial charge in [0.1, 0.15) is 11.6 Å². The van der Waals surface area contributed by atoms with Gasteiger partial charge < -0.3 is 5.73 Å². The zero-order chi connectivity index (χ0) is 13.4. The van der Waals surface area contributed by atoms with Crippen LogP contribution in [0.2, 0.25) is 0 Å². The minimum absolute atomic E-state index is 0.00127. The SMILES string of the molecule is C[C@H](c1cccc(F)c1)c1cn2nc(N)ccc2n1. The molecule has 19 heavy (non-hydrogen) atoms. The number of nitrogen functional groups attached to an aromatic ring is 1. The Bertz CT molecular complexity index is 735. The average Bonchev–Trinajstić information content (AvgIpc) is 2.80. The Morgan fingerprint density at radius 1 is 1.26 bits per heavy atom. The van der Waals surface area contributed by atoms with Gasteiger partial charge in [-0.1, -0.05) is 19.1 Å². The molecule has 2 aromatic heterocycles. The van der Waals surface area contributed by atoms with E-state index in [1.54, 1.807) is 16.6 Å². The van der Waals surface area contributed by atoms with Gasteiger partial charge in [0.2, 0.25) is 0 Å². The largest absolute Gasteiger partial charge is 0.382 e. The molecule has 4 nitrogen and oxygen atoms in total. The lowest BCUT2D eigenvalue weighted by Crippen LogP contribution is -1.97. The minimum Gasteiger partial charge on any atom is -0.382 e. The van der Waals surface area contributed by atoms with E-state index in [1.807, 2.05) is 25.3 Å². The smallest absolute Gasteiger partial charge is 0.153 e. The zero-order valence-electron chi connectivity index (χ0n) is 10.4. The van der Waals surface area contributed by atoms with Crippen LogP contribution in [0.15, 0.2) is 42.6 Å². The highest BCUT2D eigenvalue weighted by atomic mass is 19.1. The van der Waals surface area contributed by atoms with E-state index in [4.69, 9.17) is 5.73 Å². The summed E-state index contributed by atoms with van der Waals surface area (Å²) in [5.74, 6) is 0.198. The summed E-state index contributed by atoms with van der Waals surface area (Å²) in [6.07, 6.45) is 1.82. The van der Waals surface area contributed by atoms with Gasteiger partial charge >= 0.3 is 0 Å². The van der Waals surface area contributed by atoms with Crippen LogP contribution < -0.4 is 5.73 Å². The predicted octanol–water partition coefficient (Wildman–Crippen LogP) is 2.60. The Hall–Kier alpha value is -2.43. The summed E-state index contributed by atoms with van der Waals surface area (Å²) in [6.45, 7) is 1.99. The quantitative estimate of drug-likeness (QED) is 0.766. The number of imidazole rings is 1. The number of anilines is 1.